The first-order valence-electron chi connectivity index (χ1n) is 12.3. The second-order valence-corrected chi connectivity index (χ2v) is 9.88. The fourth-order valence-corrected chi connectivity index (χ4v) is 6.66. The van der Waals surface area contributed by atoms with Crippen LogP contribution in [0, 0.1) is 29.5 Å². The number of ether oxygens (including phenoxy) is 2. The standard InChI is InChI=1S/C27H39FO2/c1-3-15-30-27-14-11-24(18-26(27)28)23-8-7-21-16-20(5-6-22(21)17-23)19-9-12-25(13-10-19)29-4-2/h3,11,14,18-23,25H,1,4-10,12-13,15-17H2,2H3. The molecule has 4 rings (SSSR count). The van der Waals surface area contributed by atoms with Gasteiger partial charge in [-0.3, -0.25) is 0 Å². The quantitative estimate of drug-likeness (QED) is 0.436. The van der Waals surface area contributed by atoms with Crippen molar-refractivity contribution in [2.45, 2.75) is 83.2 Å². The predicted octanol–water partition coefficient (Wildman–Crippen LogP) is 7.29. The van der Waals surface area contributed by atoms with E-state index in [0.717, 1.165) is 35.8 Å². The number of fused-ring (bicyclic) bond motifs is 1. The van der Waals surface area contributed by atoms with E-state index in [-0.39, 0.29) is 5.82 Å². The van der Waals surface area contributed by atoms with Crippen molar-refractivity contribution in [2.24, 2.45) is 23.7 Å². The Hall–Kier alpha value is -1.35. The Morgan fingerprint density at radius 1 is 0.933 bits per heavy atom. The molecule has 0 aliphatic heterocycles. The summed E-state index contributed by atoms with van der Waals surface area (Å²) >= 11 is 0. The van der Waals surface area contributed by atoms with Crippen LogP contribution in [0.3, 0.4) is 0 Å². The van der Waals surface area contributed by atoms with E-state index in [1.165, 1.54) is 64.2 Å². The van der Waals surface area contributed by atoms with Gasteiger partial charge in [-0.15, -0.1) is 0 Å². The van der Waals surface area contributed by atoms with Gasteiger partial charge in [0.2, 0.25) is 0 Å². The van der Waals surface area contributed by atoms with Crippen LogP contribution in [-0.4, -0.2) is 19.3 Å². The van der Waals surface area contributed by atoms with Crippen LogP contribution < -0.4 is 4.74 Å². The number of halogens is 1. The maximum Gasteiger partial charge on any atom is 0.165 e. The average Bonchev–Trinajstić information content (AvgIpc) is 2.78. The highest BCUT2D eigenvalue weighted by atomic mass is 19.1. The van der Waals surface area contributed by atoms with Gasteiger partial charge in [-0.1, -0.05) is 18.7 Å². The first kappa shape index (κ1) is 21.9. The summed E-state index contributed by atoms with van der Waals surface area (Å²) in [5.41, 5.74) is 1.16. The Balaban J connectivity index is 1.29. The van der Waals surface area contributed by atoms with Crippen LogP contribution in [0.15, 0.2) is 30.9 Å². The van der Waals surface area contributed by atoms with E-state index < -0.39 is 0 Å². The van der Waals surface area contributed by atoms with Gasteiger partial charge in [0, 0.05) is 6.61 Å². The van der Waals surface area contributed by atoms with Crippen LogP contribution in [0.1, 0.15) is 82.6 Å². The lowest BCUT2D eigenvalue weighted by atomic mass is 9.60. The minimum atomic E-state index is -0.233. The van der Waals surface area contributed by atoms with Gasteiger partial charge in [0.1, 0.15) is 6.61 Å². The molecule has 4 atom stereocenters. The van der Waals surface area contributed by atoms with E-state index >= 15 is 0 Å². The summed E-state index contributed by atoms with van der Waals surface area (Å²) in [4.78, 5) is 0. The van der Waals surface area contributed by atoms with Gasteiger partial charge in [-0.05, 0) is 118 Å². The second-order valence-electron chi connectivity index (χ2n) is 9.88. The van der Waals surface area contributed by atoms with Crippen LogP contribution in [0.25, 0.3) is 0 Å². The molecule has 1 aromatic carbocycles. The molecule has 0 radical (unpaired) electrons. The summed E-state index contributed by atoms with van der Waals surface area (Å²) in [6.07, 6.45) is 15.4. The van der Waals surface area contributed by atoms with Gasteiger partial charge in [0.15, 0.2) is 11.6 Å². The van der Waals surface area contributed by atoms with Crippen LogP contribution >= 0.6 is 0 Å². The van der Waals surface area contributed by atoms with Crippen LogP contribution in [0.5, 0.6) is 5.75 Å². The van der Waals surface area contributed by atoms with Crippen molar-refractivity contribution >= 4 is 0 Å². The molecular weight excluding hydrogens is 375 g/mol. The fourth-order valence-electron chi connectivity index (χ4n) is 6.66. The minimum absolute atomic E-state index is 0.233. The van der Waals surface area contributed by atoms with Gasteiger partial charge >= 0.3 is 0 Å². The molecule has 2 nitrogen and oxygen atoms in total. The molecule has 0 heterocycles. The van der Waals surface area contributed by atoms with Crippen molar-refractivity contribution in [1.82, 2.24) is 0 Å². The van der Waals surface area contributed by atoms with Crippen LogP contribution in [-0.2, 0) is 4.74 Å². The zero-order valence-corrected chi connectivity index (χ0v) is 18.7. The zero-order chi connectivity index (χ0) is 20.9. The largest absolute Gasteiger partial charge is 0.486 e. The number of benzene rings is 1. The van der Waals surface area contributed by atoms with Gasteiger partial charge in [0.25, 0.3) is 0 Å². The first-order valence-corrected chi connectivity index (χ1v) is 12.3. The molecule has 3 aliphatic rings. The molecule has 0 saturated heterocycles. The SMILES string of the molecule is C=CCOc1ccc(C2CCC3CC(C4CCC(OCC)CC4)CCC3C2)cc1F. The summed E-state index contributed by atoms with van der Waals surface area (Å²) in [6.45, 7) is 6.95. The average molecular weight is 415 g/mol. The van der Waals surface area contributed by atoms with Gasteiger partial charge in [-0.2, -0.15) is 0 Å². The maximum atomic E-state index is 14.4. The smallest absolute Gasteiger partial charge is 0.165 e. The summed E-state index contributed by atoms with van der Waals surface area (Å²) in [5, 5.41) is 0. The second kappa shape index (κ2) is 10.3. The highest BCUT2D eigenvalue weighted by Crippen LogP contribution is 2.50. The van der Waals surface area contributed by atoms with Crippen molar-refractivity contribution in [3.63, 3.8) is 0 Å². The third-order valence-corrected chi connectivity index (χ3v) is 8.23. The minimum Gasteiger partial charge on any atom is -0.486 e. The summed E-state index contributed by atoms with van der Waals surface area (Å²) in [5.74, 6) is 4.20. The normalized spacial score (nSPS) is 34.2. The Bertz CT molecular complexity index is 694. The number of rotatable bonds is 7. The van der Waals surface area contributed by atoms with E-state index in [0.29, 0.717) is 24.4 Å². The molecule has 3 fully saturated rings. The maximum absolute atomic E-state index is 14.4. The van der Waals surface area contributed by atoms with E-state index in [9.17, 15) is 4.39 Å². The van der Waals surface area contributed by atoms with Crippen molar-refractivity contribution in [1.29, 1.82) is 0 Å². The van der Waals surface area contributed by atoms with E-state index in [2.05, 4.69) is 19.6 Å². The summed E-state index contributed by atoms with van der Waals surface area (Å²) < 4.78 is 25.7. The van der Waals surface area contributed by atoms with E-state index in [4.69, 9.17) is 9.47 Å². The van der Waals surface area contributed by atoms with Gasteiger partial charge in [-0.25, -0.2) is 4.39 Å². The zero-order valence-electron chi connectivity index (χ0n) is 18.7. The van der Waals surface area contributed by atoms with Crippen molar-refractivity contribution < 1.29 is 13.9 Å². The molecule has 3 saturated carbocycles. The predicted molar refractivity (Wildman–Crippen MR) is 120 cm³/mol. The number of hydrogen-bond donors (Lipinski definition) is 0. The molecule has 3 aliphatic carbocycles. The van der Waals surface area contributed by atoms with E-state index in [1.54, 1.807) is 18.2 Å². The molecule has 0 N–H and O–H groups in total. The summed E-state index contributed by atoms with van der Waals surface area (Å²) in [6, 6.07) is 5.59. The molecule has 0 bridgehead atoms. The molecular formula is C27H39FO2. The highest BCUT2D eigenvalue weighted by Gasteiger charge is 2.39. The summed E-state index contributed by atoms with van der Waals surface area (Å²) in [7, 11) is 0. The van der Waals surface area contributed by atoms with Crippen molar-refractivity contribution in [3.8, 4) is 5.75 Å². The molecule has 0 spiro atoms. The Morgan fingerprint density at radius 2 is 1.60 bits per heavy atom. The van der Waals surface area contributed by atoms with Crippen LogP contribution in [0.4, 0.5) is 4.39 Å². The lowest BCUT2D eigenvalue weighted by Gasteiger charge is -2.45. The molecule has 0 aromatic heterocycles. The highest BCUT2D eigenvalue weighted by molar-refractivity contribution is 5.32. The lowest BCUT2D eigenvalue weighted by Crippen LogP contribution is -2.35. The van der Waals surface area contributed by atoms with E-state index in [1.807, 2.05) is 0 Å². The Kier molecular flexibility index (Phi) is 7.51. The Morgan fingerprint density at radius 3 is 2.30 bits per heavy atom. The third kappa shape index (κ3) is 5.10. The fraction of sp³-hybridized carbons (Fsp3) is 0.704. The van der Waals surface area contributed by atoms with Crippen molar-refractivity contribution in [3.05, 3.63) is 42.2 Å². The molecule has 0 amide bonds. The molecule has 1 aromatic rings. The first-order chi connectivity index (χ1) is 14.7. The van der Waals surface area contributed by atoms with Gasteiger partial charge < -0.3 is 9.47 Å². The Labute approximate surface area is 182 Å². The number of hydrogen-bond acceptors (Lipinski definition) is 2. The molecule has 30 heavy (non-hydrogen) atoms. The third-order valence-electron chi connectivity index (χ3n) is 8.23. The monoisotopic (exact) mass is 414 g/mol. The van der Waals surface area contributed by atoms with Gasteiger partial charge in [0.05, 0.1) is 6.10 Å². The van der Waals surface area contributed by atoms with Crippen molar-refractivity contribution in [2.75, 3.05) is 13.2 Å². The lowest BCUT2D eigenvalue weighted by molar-refractivity contribution is 0.00583. The molecule has 3 heteroatoms. The topological polar surface area (TPSA) is 18.5 Å². The van der Waals surface area contributed by atoms with Crippen LogP contribution in [0.2, 0.25) is 0 Å². The molecule has 166 valence electrons. The molecule has 4 unspecified atom stereocenters.